The van der Waals surface area contributed by atoms with Gasteiger partial charge in [0, 0.05) is 9.79 Å². The molecule has 0 amide bonds. The summed E-state index contributed by atoms with van der Waals surface area (Å²) in [5.74, 6) is 0. The van der Waals surface area contributed by atoms with Crippen LogP contribution >= 0.6 is 23.5 Å². The fourth-order valence-corrected chi connectivity index (χ4v) is 4.14. The van der Waals surface area contributed by atoms with E-state index in [4.69, 9.17) is 4.74 Å². The Bertz CT molecular complexity index is 1210. The van der Waals surface area contributed by atoms with Crippen LogP contribution in [-0.4, -0.2) is 10.2 Å². The summed E-state index contributed by atoms with van der Waals surface area (Å²) < 4.78 is 5.65. The Balaban J connectivity index is 1.50. The molecule has 3 nitrogen and oxygen atoms in total. The van der Waals surface area contributed by atoms with E-state index in [1.165, 1.54) is 23.5 Å². The van der Waals surface area contributed by atoms with Crippen LogP contribution in [0.5, 0.6) is 0 Å². The number of thioether (sulfide) groups is 2. The van der Waals surface area contributed by atoms with Crippen molar-refractivity contribution >= 4 is 39.8 Å². The fraction of sp³-hybridized carbons (Fsp3) is 0.103. The molecule has 0 fully saturated rings. The molecular formula is C29H26O3S2. The summed E-state index contributed by atoms with van der Waals surface area (Å²) in [5.41, 5.74) is 5.34. The van der Waals surface area contributed by atoms with Crippen molar-refractivity contribution in [2.24, 2.45) is 0 Å². The monoisotopic (exact) mass is 486 g/mol. The van der Waals surface area contributed by atoms with Gasteiger partial charge in [-0.2, -0.15) is 0 Å². The predicted octanol–water partition coefficient (Wildman–Crippen LogP) is 7.93. The van der Waals surface area contributed by atoms with E-state index in [0.29, 0.717) is 17.8 Å². The van der Waals surface area contributed by atoms with Crippen LogP contribution in [0, 0.1) is 0 Å². The second kappa shape index (κ2) is 12.3. The van der Waals surface area contributed by atoms with Crippen LogP contribution in [0.25, 0.3) is 17.2 Å². The summed E-state index contributed by atoms with van der Waals surface area (Å²) in [4.78, 5) is 25.3. The highest BCUT2D eigenvalue weighted by atomic mass is 32.2. The minimum atomic E-state index is -0.0240. The molecule has 5 heteroatoms. The largest absolute Gasteiger partial charge is 0.496 e. The van der Waals surface area contributed by atoms with Crippen LogP contribution in [-0.2, 0) is 20.9 Å². The molecule has 0 saturated carbocycles. The zero-order valence-corrected chi connectivity index (χ0v) is 20.9. The lowest BCUT2D eigenvalue weighted by molar-refractivity contribution is -0.108. The topological polar surface area (TPSA) is 43.4 Å². The molecule has 3 aromatic carbocycles. The molecule has 3 aromatic rings. The first-order valence-electron chi connectivity index (χ1n) is 10.6. The molecule has 0 radical (unpaired) electrons. The lowest BCUT2D eigenvalue weighted by Crippen LogP contribution is -1.91. The van der Waals surface area contributed by atoms with Crippen LogP contribution in [0.15, 0.2) is 113 Å². The third kappa shape index (κ3) is 7.65. The quantitative estimate of drug-likeness (QED) is 0.174. The molecule has 0 unspecified atom stereocenters. The highest BCUT2D eigenvalue weighted by Crippen LogP contribution is 2.26. The summed E-state index contributed by atoms with van der Waals surface area (Å²) in [7, 11) is 0. The SMILES string of the molecule is C=C(C)C(=O)Sc1ccc(COC=Cc2ccc(-c3ccc(SC(=O)C(=C)C)cc3)cc2)cc1. The van der Waals surface area contributed by atoms with Crippen LogP contribution in [0.1, 0.15) is 25.0 Å². The third-order valence-electron chi connectivity index (χ3n) is 4.75. The third-order valence-corrected chi connectivity index (χ3v) is 6.83. The molecule has 172 valence electrons. The van der Waals surface area contributed by atoms with E-state index in [-0.39, 0.29) is 10.2 Å². The number of hydrogen-bond donors (Lipinski definition) is 0. The Hall–Kier alpha value is -3.28. The van der Waals surface area contributed by atoms with Gasteiger partial charge in [0.05, 0.1) is 6.26 Å². The first-order valence-corrected chi connectivity index (χ1v) is 12.3. The van der Waals surface area contributed by atoms with Gasteiger partial charge in [0.2, 0.25) is 10.2 Å². The smallest absolute Gasteiger partial charge is 0.219 e. The van der Waals surface area contributed by atoms with Crippen molar-refractivity contribution in [3.63, 3.8) is 0 Å². The zero-order valence-electron chi connectivity index (χ0n) is 19.2. The van der Waals surface area contributed by atoms with Gasteiger partial charge in [0.1, 0.15) is 6.61 Å². The maximum Gasteiger partial charge on any atom is 0.219 e. The molecule has 0 aromatic heterocycles. The summed E-state index contributed by atoms with van der Waals surface area (Å²) >= 11 is 2.37. The summed E-state index contributed by atoms with van der Waals surface area (Å²) in [6.07, 6.45) is 3.61. The van der Waals surface area contributed by atoms with Gasteiger partial charge in [-0.3, -0.25) is 9.59 Å². The van der Waals surface area contributed by atoms with Gasteiger partial charge in [0.25, 0.3) is 0 Å². The molecule has 0 aliphatic carbocycles. The van der Waals surface area contributed by atoms with Gasteiger partial charge in [0.15, 0.2) is 0 Å². The molecule has 0 aliphatic heterocycles. The van der Waals surface area contributed by atoms with Gasteiger partial charge >= 0.3 is 0 Å². The van der Waals surface area contributed by atoms with Crippen molar-refractivity contribution in [2.45, 2.75) is 30.2 Å². The lowest BCUT2D eigenvalue weighted by Gasteiger charge is -2.05. The first kappa shape index (κ1) is 25.3. The van der Waals surface area contributed by atoms with Crippen LogP contribution in [0.2, 0.25) is 0 Å². The molecule has 3 rings (SSSR count). The van der Waals surface area contributed by atoms with Crippen molar-refractivity contribution in [3.05, 3.63) is 114 Å². The molecule has 34 heavy (non-hydrogen) atoms. The minimum Gasteiger partial charge on any atom is -0.496 e. The average Bonchev–Trinajstić information content (AvgIpc) is 2.83. The average molecular weight is 487 g/mol. The molecule has 0 heterocycles. The highest BCUT2D eigenvalue weighted by Gasteiger charge is 2.06. The molecule has 0 bridgehead atoms. The summed E-state index contributed by atoms with van der Waals surface area (Å²) in [6, 6.07) is 23.8. The number of benzene rings is 3. The maximum atomic E-state index is 11.8. The second-order valence-corrected chi connectivity index (χ2v) is 9.84. The zero-order chi connectivity index (χ0) is 24.5. The van der Waals surface area contributed by atoms with Gasteiger partial charge in [-0.05, 0) is 101 Å². The molecular weight excluding hydrogens is 460 g/mol. The molecule has 0 aliphatic rings. The number of ether oxygens (including phenoxy) is 1. The van der Waals surface area contributed by atoms with E-state index in [1.54, 1.807) is 20.1 Å². The summed E-state index contributed by atoms with van der Waals surface area (Å²) in [6.45, 7) is 11.2. The molecule has 0 spiro atoms. The van der Waals surface area contributed by atoms with E-state index in [2.05, 4.69) is 25.3 Å². The van der Waals surface area contributed by atoms with Crippen LogP contribution < -0.4 is 0 Å². The summed E-state index contributed by atoms with van der Waals surface area (Å²) in [5, 5.41) is -0.0405. The van der Waals surface area contributed by atoms with Crippen LogP contribution in [0.3, 0.4) is 0 Å². The Labute approximate surface area is 209 Å². The minimum absolute atomic E-state index is 0.0165. The molecule has 0 saturated heterocycles. The Kier molecular flexibility index (Phi) is 9.14. The number of carbonyl (C=O) groups excluding carboxylic acids is 2. The van der Waals surface area contributed by atoms with E-state index >= 15 is 0 Å². The predicted molar refractivity (Wildman–Crippen MR) is 143 cm³/mol. The fourth-order valence-electron chi connectivity index (χ4n) is 2.82. The van der Waals surface area contributed by atoms with E-state index in [0.717, 1.165) is 32.0 Å². The maximum absolute atomic E-state index is 11.8. The van der Waals surface area contributed by atoms with Crippen molar-refractivity contribution < 1.29 is 14.3 Å². The van der Waals surface area contributed by atoms with Crippen molar-refractivity contribution in [1.29, 1.82) is 0 Å². The van der Waals surface area contributed by atoms with Crippen molar-refractivity contribution in [3.8, 4) is 11.1 Å². The normalized spacial score (nSPS) is 10.8. The lowest BCUT2D eigenvalue weighted by atomic mass is 10.0. The Morgan fingerprint density at radius 1 is 0.735 bits per heavy atom. The standard InChI is InChI=1S/C29H26O3S2/c1-20(2)28(30)33-26-13-7-23(8-14-26)19-32-18-17-22-5-9-24(10-6-22)25-11-15-27(16-12-25)34-29(31)21(3)4/h5-18H,1,3,19H2,2,4H3. The highest BCUT2D eigenvalue weighted by molar-refractivity contribution is 8.14. The van der Waals surface area contributed by atoms with Gasteiger partial charge in [-0.25, -0.2) is 0 Å². The van der Waals surface area contributed by atoms with E-state index in [9.17, 15) is 9.59 Å². The van der Waals surface area contributed by atoms with Gasteiger partial charge in [-0.1, -0.05) is 61.7 Å². The second-order valence-electron chi connectivity index (χ2n) is 7.74. The van der Waals surface area contributed by atoms with Crippen molar-refractivity contribution in [2.75, 3.05) is 0 Å². The van der Waals surface area contributed by atoms with E-state index in [1.807, 2.05) is 66.7 Å². The Morgan fingerprint density at radius 3 is 1.65 bits per heavy atom. The molecule has 0 atom stereocenters. The number of carbonyl (C=O) groups is 2. The van der Waals surface area contributed by atoms with Crippen molar-refractivity contribution in [1.82, 2.24) is 0 Å². The number of hydrogen-bond acceptors (Lipinski definition) is 5. The van der Waals surface area contributed by atoms with Crippen LogP contribution in [0.4, 0.5) is 0 Å². The Morgan fingerprint density at radius 2 is 1.18 bits per heavy atom. The first-order chi connectivity index (χ1) is 16.3. The van der Waals surface area contributed by atoms with E-state index < -0.39 is 0 Å². The molecule has 0 N–H and O–H groups in total. The number of rotatable bonds is 9. The van der Waals surface area contributed by atoms with Gasteiger partial charge < -0.3 is 4.74 Å². The van der Waals surface area contributed by atoms with Gasteiger partial charge in [-0.15, -0.1) is 0 Å².